The zero-order chi connectivity index (χ0) is 13.8. The van der Waals surface area contributed by atoms with Crippen LogP contribution < -0.4 is 5.32 Å². The predicted molar refractivity (Wildman–Crippen MR) is 85.9 cm³/mol. The fourth-order valence-electron chi connectivity index (χ4n) is 2.64. The Kier molecular flexibility index (Phi) is 5.46. The Morgan fingerprint density at radius 2 is 2.11 bits per heavy atom. The second-order valence-corrected chi connectivity index (χ2v) is 6.76. The van der Waals surface area contributed by atoms with E-state index in [0.29, 0.717) is 12.0 Å². The van der Waals surface area contributed by atoms with E-state index in [4.69, 9.17) is 0 Å². The molecule has 1 aromatic rings. The molecule has 1 aliphatic carbocycles. The van der Waals surface area contributed by atoms with Crippen molar-refractivity contribution in [3.05, 3.63) is 33.8 Å². The number of aryl methyl sites for hydroxylation is 1. The van der Waals surface area contributed by atoms with E-state index >= 15 is 0 Å². The highest BCUT2D eigenvalue weighted by Gasteiger charge is 2.26. The first kappa shape index (κ1) is 15.0. The van der Waals surface area contributed by atoms with Gasteiger partial charge in [0.2, 0.25) is 0 Å². The molecule has 1 aromatic carbocycles. The summed E-state index contributed by atoms with van der Waals surface area (Å²) in [5.74, 6) is 0.592. The van der Waals surface area contributed by atoms with Gasteiger partial charge in [0.15, 0.2) is 0 Å². The van der Waals surface area contributed by atoms with E-state index in [-0.39, 0.29) is 5.91 Å². The molecule has 0 heterocycles. The number of carbonyl (C=O) groups excluding carboxylic acids is 1. The van der Waals surface area contributed by atoms with Crippen LogP contribution >= 0.6 is 31.9 Å². The molecular weight excluding hydrogens is 370 g/mol. The minimum atomic E-state index is 0.0356. The number of amides is 1. The van der Waals surface area contributed by atoms with Gasteiger partial charge in [0, 0.05) is 15.8 Å². The monoisotopic (exact) mass is 387 g/mol. The Morgan fingerprint density at radius 3 is 2.84 bits per heavy atom. The van der Waals surface area contributed by atoms with Crippen LogP contribution in [0.3, 0.4) is 0 Å². The summed E-state index contributed by atoms with van der Waals surface area (Å²) in [7, 11) is 0. The van der Waals surface area contributed by atoms with E-state index in [1.54, 1.807) is 0 Å². The second kappa shape index (κ2) is 6.89. The fourth-order valence-corrected chi connectivity index (χ4v) is 3.84. The van der Waals surface area contributed by atoms with Gasteiger partial charge in [0.1, 0.15) is 0 Å². The summed E-state index contributed by atoms with van der Waals surface area (Å²) in [5, 5.41) is 4.17. The first-order valence-corrected chi connectivity index (χ1v) is 8.66. The van der Waals surface area contributed by atoms with Crippen molar-refractivity contribution < 1.29 is 4.79 Å². The number of benzene rings is 1. The molecule has 2 atom stereocenters. The van der Waals surface area contributed by atoms with Crippen LogP contribution in [0.2, 0.25) is 0 Å². The zero-order valence-corrected chi connectivity index (χ0v) is 14.3. The number of hydrogen-bond donors (Lipinski definition) is 1. The molecule has 1 aliphatic rings. The zero-order valence-electron chi connectivity index (χ0n) is 11.1. The first-order chi connectivity index (χ1) is 9.11. The van der Waals surface area contributed by atoms with Crippen LogP contribution in [0.1, 0.15) is 41.6 Å². The van der Waals surface area contributed by atoms with E-state index in [2.05, 4.69) is 37.2 Å². The number of rotatable bonds is 3. The van der Waals surface area contributed by atoms with Crippen molar-refractivity contribution in [1.82, 2.24) is 5.32 Å². The lowest BCUT2D eigenvalue weighted by Crippen LogP contribution is -2.42. The lowest BCUT2D eigenvalue weighted by molar-refractivity contribution is 0.0911. The molecular formula is C15H19Br2NO. The first-order valence-electron chi connectivity index (χ1n) is 6.75. The summed E-state index contributed by atoms with van der Waals surface area (Å²) in [5.41, 5.74) is 1.84. The number of carbonyl (C=O) groups is 1. The standard InChI is InChI=1S/C15H19Br2NO/c1-10-6-7-13(17)12(8-10)15(19)18-14-5-3-2-4-11(14)9-16/h6-8,11,14H,2-5,9H2,1H3,(H,18,19). The Morgan fingerprint density at radius 1 is 1.37 bits per heavy atom. The van der Waals surface area contributed by atoms with E-state index in [0.717, 1.165) is 27.4 Å². The Balaban J connectivity index is 2.09. The smallest absolute Gasteiger partial charge is 0.252 e. The van der Waals surface area contributed by atoms with Gasteiger partial charge in [-0.25, -0.2) is 0 Å². The SMILES string of the molecule is Cc1ccc(Br)c(C(=O)NC2CCCCC2CBr)c1. The van der Waals surface area contributed by atoms with Crippen molar-refractivity contribution in [2.24, 2.45) is 5.92 Å². The third-order valence-electron chi connectivity index (χ3n) is 3.79. The molecule has 2 nitrogen and oxygen atoms in total. The average Bonchev–Trinajstić information content (AvgIpc) is 2.42. The van der Waals surface area contributed by atoms with Crippen LogP contribution in [0.4, 0.5) is 0 Å². The molecule has 0 aliphatic heterocycles. The summed E-state index contributed by atoms with van der Waals surface area (Å²) < 4.78 is 0.863. The minimum Gasteiger partial charge on any atom is -0.349 e. The van der Waals surface area contributed by atoms with Crippen LogP contribution in [0, 0.1) is 12.8 Å². The van der Waals surface area contributed by atoms with Crippen LogP contribution in [0.15, 0.2) is 22.7 Å². The molecule has 1 N–H and O–H groups in total. The summed E-state index contributed by atoms with van der Waals surface area (Å²) in [6.45, 7) is 2.01. The van der Waals surface area contributed by atoms with Crippen LogP contribution in [0.25, 0.3) is 0 Å². The van der Waals surface area contributed by atoms with Crippen molar-refractivity contribution in [3.63, 3.8) is 0 Å². The van der Waals surface area contributed by atoms with Crippen molar-refractivity contribution in [2.75, 3.05) is 5.33 Å². The molecule has 104 valence electrons. The van der Waals surface area contributed by atoms with Crippen molar-refractivity contribution in [3.8, 4) is 0 Å². The van der Waals surface area contributed by atoms with Crippen LogP contribution in [-0.4, -0.2) is 17.3 Å². The molecule has 1 fully saturated rings. The van der Waals surface area contributed by atoms with Gasteiger partial charge in [0.25, 0.3) is 5.91 Å². The van der Waals surface area contributed by atoms with E-state index in [1.807, 2.05) is 25.1 Å². The number of alkyl halides is 1. The maximum absolute atomic E-state index is 12.4. The van der Waals surface area contributed by atoms with E-state index in [9.17, 15) is 4.79 Å². The van der Waals surface area contributed by atoms with Gasteiger partial charge >= 0.3 is 0 Å². The third kappa shape index (κ3) is 3.82. The lowest BCUT2D eigenvalue weighted by Gasteiger charge is -2.31. The maximum Gasteiger partial charge on any atom is 0.252 e. The quantitative estimate of drug-likeness (QED) is 0.762. The fraction of sp³-hybridized carbons (Fsp3) is 0.533. The maximum atomic E-state index is 12.4. The topological polar surface area (TPSA) is 29.1 Å². The predicted octanol–water partition coefficient (Wildman–Crippen LogP) is 4.44. The molecule has 1 saturated carbocycles. The summed E-state index contributed by atoms with van der Waals surface area (Å²) >= 11 is 7.02. The molecule has 0 spiro atoms. The Hall–Kier alpha value is -0.350. The molecule has 2 rings (SSSR count). The third-order valence-corrected chi connectivity index (χ3v) is 5.31. The van der Waals surface area contributed by atoms with Gasteiger partial charge in [-0.2, -0.15) is 0 Å². The van der Waals surface area contributed by atoms with Gasteiger partial charge < -0.3 is 5.32 Å². The normalized spacial score (nSPS) is 23.1. The van der Waals surface area contributed by atoms with Gasteiger partial charge in [-0.15, -0.1) is 0 Å². The molecule has 4 heteroatoms. The molecule has 0 saturated heterocycles. The molecule has 0 bridgehead atoms. The van der Waals surface area contributed by atoms with Gasteiger partial charge in [-0.3, -0.25) is 4.79 Å². The second-order valence-electron chi connectivity index (χ2n) is 5.26. The van der Waals surface area contributed by atoms with E-state index < -0.39 is 0 Å². The number of nitrogens with one attached hydrogen (secondary N) is 1. The molecule has 0 radical (unpaired) electrons. The van der Waals surface area contributed by atoms with Crippen molar-refractivity contribution >= 4 is 37.8 Å². The summed E-state index contributed by atoms with van der Waals surface area (Å²) in [4.78, 5) is 12.4. The molecule has 19 heavy (non-hydrogen) atoms. The summed E-state index contributed by atoms with van der Waals surface area (Å²) in [6.07, 6.45) is 4.77. The van der Waals surface area contributed by atoms with Crippen molar-refractivity contribution in [2.45, 2.75) is 38.6 Å². The van der Waals surface area contributed by atoms with Crippen LogP contribution in [0.5, 0.6) is 0 Å². The molecule has 0 aromatic heterocycles. The molecule has 1 amide bonds. The Labute approximate surface area is 131 Å². The highest BCUT2D eigenvalue weighted by molar-refractivity contribution is 9.10. The highest BCUT2D eigenvalue weighted by Crippen LogP contribution is 2.27. The van der Waals surface area contributed by atoms with Gasteiger partial charge in [-0.1, -0.05) is 40.4 Å². The number of halogens is 2. The van der Waals surface area contributed by atoms with E-state index in [1.165, 1.54) is 19.3 Å². The van der Waals surface area contributed by atoms with Gasteiger partial charge in [0.05, 0.1) is 5.56 Å². The highest BCUT2D eigenvalue weighted by atomic mass is 79.9. The Bertz CT molecular complexity index is 461. The van der Waals surface area contributed by atoms with Crippen molar-refractivity contribution in [1.29, 1.82) is 0 Å². The summed E-state index contributed by atoms with van der Waals surface area (Å²) in [6, 6.07) is 6.18. The number of hydrogen-bond acceptors (Lipinski definition) is 1. The largest absolute Gasteiger partial charge is 0.349 e. The van der Waals surface area contributed by atoms with Gasteiger partial charge in [-0.05, 0) is 53.7 Å². The molecule has 2 unspecified atom stereocenters. The lowest BCUT2D eigenvalue weighted by atomic mass is 9.86. The minimum absolute atomic E-state index is 0.0356. The average molecular weight is 389 g/mol. The van der Waals surface area contributed by atoms with Crippen LogP contribution in [-0.2, 0) is 0 Å².